The predicted molar refractivity (Wildman–Crippen MR) is 59.8 cm³/mol. The van der Waals surface area contributed by atoms with Crippen molar-refractivity contribution in [3.05, 3.63) is 22.4 Å². The minimum absolute atomic E-state index is 0.0509. The summed E-state index contributed by atoms with van der Waals surface area (Å²) >= 11 is 1.67. The summed E-state index contributed by atoms with van der Waals surface area (Å²) in [5, 5.41) is 14.0. The average molecular weight is 225 g/mol. The van der Waals surface area contributed by atoms with E-state index in [0.29, 0.717) is 6.42 Å². The van der Waals surface area contributed by atoms with E-state index in [4.69, 9.17) is 5.11 Å². The standard InChI is InChI=1S/C11H15NO2S/c13-8-11(5-6-11)12-10(14)4-3-9-2-1-7-15-9/h1-2,7,13H,3-6,8H2,(H,12,14). The molecule has 0 unspecified atom stereocenters. The first-order valence-electron chi connectivity index (χ1n) is 5.18. The highest BCUT2D eigenvalue weighted by atomic mass is 32.1. The number of carbonyl (C=O) groups is 1. The molecule has 0 bridgehead atoms. The van der Waals surface area contributed by atoms with E-state index in [1.807, 2.05) is 17.5 Å². The molecule has 82 valence electrons. The second-order valence-corrected chi connectivity index (χ2v) is 5.10. The lowest BCUT2D eigenvalue weighted by molar-refractivity contribution is -0.122. The van der Waals surface area contributed by atoms with Gasteiger partial charge in [-0.2, -0.15) is 0 Å². The first kappa shape index (κ1) is 10.6. The Kier molecular flexibility index (Phi) is 3.07. The van der Waals surface area contributed by atoms with Crippen LogP contribution in [0, 0.1) is 0 Å². The number of thiophene rings is 1. The number of hydrogen-bond donors (Lipinski definition) is 2. The maximum atomic E-state index is 11.5. The summed E-state index contributed by atoms with van der Waals surface area (Å²) in [6.45, 7) is 0.0672. The molecule has 1 saturated carbocycles. The van der Waals surface area contributed by atoms with Crippen LogP contribution in [0.5, 0.6) is 0 Å². The zero-order valence-electron chi connectivity index (χ0n) is 8.53. The van der Waals surface area contributed by atoms with E-state index in [2.05, 4.69) is 5.32 Å². The molecule has 1 heterocycles. The van der Waals surface area contributed by atoms with E-state index in [9.17, 15) is 4.79 Å². The van der Waals surface area contributed by atoms with E-state index in [-0.39, 0.29) is 18.1 Å². The number of aliphatic hydroxyl groups is 1. The van der Waals surface area contributed by atoms with Gasteiger partial charge in [0.15, 0.2) is 0 Å². The number of aliphatic hydroxyl groups excluding tert-OH is 1. The van der Waals surface area contributed by atoms with Crippen molar-refractivity contribution in [2.45, 2.75) is 31.2 Å². The lowest BCUT2D eigenvalue weighted by Crippen LogP contribution is -2.39. The number of rotatable bonds is 5. The second kappa shape index (κ2) is 4.33. The monoisotopic (exact) mass is 225 g/mol. The summed E-state index contributed by atoms with van der Waals surface area (Å²) in [5.74, 6) is 0.0509. The van der Waals surface area contributed by atoms with Crippen LogP contribution in [-0.4, -0.2) is 23.2 Å². The van der Waals surface area contributed by atoms with Gasteiger partial charge in [0.25, 0.3) is 0 Å². The Labute approximate surface area is 93.1 Å². The van der Waals surface area contributed by atoms with Crippen LogP contribution in [0.1, 0.15) is 24.1 Å². The number of carbonyl (C=O) groups excluding carboxylic acids is 1. The largest absolute Gasteiger partial charge is 0.394 e. The van der Waals surface area contributed by atoms with Crippen molar-refractivity contribution in [2.75, 3.05) is 6.61 Å². The molecule has 1 aromatic rings. The van der Waals surface area contributed by atoms with Gasteiger partial charge in [0.2, 0.25) is 5.91 Å². The zero-order valence-corrected chi connectivity index (χ0v) is 9.35. The van der Waals surface area contributed by atoms with Gasteiger partial charge in [0.1, 0.15) is 0 Å². The van der Waals surface area contributed by atoms with Crippen LogP contribution < -0.4 is 5.32 Å². The molecule has 1 fully saturated rings. The van der Waals surface area contributed by atoms with Gasteiger partial charge in [-0.1, -0.05) is 6.07 Å². The van der Waals surface area contributed by atoms with E-state index < -0.39 is 0 Å². The van der Waals surface area contributed by atoms with E-state index in [1.54, 1.807) is 11.3 Å². The van der Waals surface area contributed by atoms with Gasteiger partial charge in [-0.25, -0.2) is 0 Å². The zero-order chi connectivity index (χ0) is 10.7. The molecule has 0 saturated heterocycles. The highest BCUT2D eigenvalue weighted by molar-refractivity contribution is 7.09. The average Bonchev–Trinajstić information content (AvgIpc) is 2.80. The predicted octanol–water partition coefficient (Wildman–Crippen LogP) is 1.32. The van der Waals surface area contributed by atoms with Crippen LogP contribution in [0.25, 0.3) is 0 Å². The summed E-state index contributed by atoms with van der Waals surface area (Å²) in [7, 11) is 0. The molecule has 0 radical (unpaired) electrons. The minimum atomic E-state index is -0.271. The Morgan fingerprint density at radius 1 is 1.60 bits per heavy atom. The Morgan fingerprint density at radius 2 is 2.40 bits per heavy atom. The fourth-order valence-corrected chi connectivity index (χ4v) is 2.23. The number of amides is 1. The topological polar surface area (TPSA) is 49.3 Å². The van der Waals surface area contributed by atoms with Gasteiger partial charge in [-0.3, -0.25) is 4.79 Å². The van der Waals surface area contributed by atoms with Crippen LogP contribution in [0.3, 0.4) is 0 Å². The molecule has 2 rings (SSSR count). The van der Waals surface area contributed by atoms with Crippen LogP contribution in [-0.2, 0) is 11.2 Å². The van der Waals surface area contributed by atoms with Crippen molar-refractivity contribution in [1.82, 2.24) is 5.32 Å². The Morgan fingerprint density at radius 3 is 2.93 bits per heavy atom. The highest BCUT2D eigenvalue weighted by Crippen LogP contribution is 2.34. The SMILES string of the molecule is O=C(CCc1cccs1)NC1(CO)CC1. The molecule has 1 aliphatic carbocycles. The summed E-state index contributed by atoms with van der Waals surface area (Å²) in [6.07, 6.45) is 3.13. The van der Waals surface area contributed by atoms with Crippen LogP contribution >= 0.6 is 11.3 Å². The first-order chi connectivity index (χ1) is 7.24. The fraction of sp³-hybridized carbons (Fsp3) is 0.545. The minimum Gasteiger partial charge on any atom is -0.394 e. The third kappa shape index (κ3) is 2.79. The number of hydrogen-bond acceptors (Lipinski definition) is 3. The van der Waals surface area contributed by atoms with Gasteiger partial charge in [0.05, 0.1) is 12.1 Å². The molecule has 3 nitrogen and oxygen atoms in total. The number of aryl methyl sites for hydroxylation is 1. The molecular weight excluding hydrogens is 210 g/mol. The van der Waals surface area contributed by atoms with Crippen molar-refractivity contribution in [2.24, 2.45) is 0 Å². The van der Waals surface area contributed by atoms with Crippen LogP contribution in [0.2, 0.25) is 0 Å². The first-order valence-corrected chi connectivity index (χ1v) is 6.06. The third-order valence-electron chi connectivity index (χ3n) is 2.74. The van der Waals surface area contributed by atoms with Crippen LogP contribution in [0.4, 0.5) is 0 Å². The molecule has 2 N–H and O–H groups in total. The van der Waals surface area contributed by atoms with Crippen molar-refractivity contribution in [3.8, 4) is 0 Å². The molecular formula is C11H15NO2S. The Bertz CT molecular complexity index is 330. The molecule has 0 atom stereocenters. The molecule has 0 spiro atoms. The molecule has 1 aromatic heterocycles. The van der Waals surface area contributed by atoms with E-state index >= 15 is 0 Å². The van der Waals surface area contributed by atoms with Gasteiger partial charge >= 0.3 is 0 Å². The van der Waals surface area contributed by atoms with E-state index in [1.165, 1.54) is 4.88 Å². The lowest BCUT2D eigenvalue weighted by atomic mass is 10.2. The van der Waals surface area contributed by atoms with Gasteiger partial charge in [-0.05, 0) is 30.7 Å². The smallest absolute Gasteiger partial charge is 0.220 e. The molecule has 0 aliphatic heterocycles. The summed E-state index contributed by atoms with van der Waals surface area (Å²) < 4.78 is 0. The van der Waals surface area contributed by atoms with Crippen LogP contribution in [0.15, 0.2) is 17.5 Å². The van der Waals surface area contributed by atoms with Crippen molar-refractivity contribution in [1.29, 1.82) is 0 Å². The molecule has 0 aromatic carbocycles. The van der Waals surface area contributed by atoms with Crippen molar-refractivity contribution < 1.29 is 9.90 Å². The molecule has 1 amide bonds. The van der Waals surface area contributed by atoms with Gasteiger partial charge in [-0.15, -0.1) is 11.3 Å². The molecule has 4 heteroatoms. The van der Waals surface area contributed by atoms with Crippen molar-refractivity contribution >= 4 is 17.2 Å². The Hall–Kier alpha value is -0.870. The van der Waals surface area contributed by atoms with Gasteiger partial charge < -0.3 is 10.4 Å². The maximum Gasteiger partial charge on any atom is 0.220 e. The normalized spacial score (nSPS) is 17.4. The van der Waals surface area contributed by atoms with Gasteiger partial charge in [0, 0.05) is 11.3 Å². The highest BCUT2D eigenvalue weighted by Gasteiger charge is 2.43. The summed E-state index contributed by atoms with van der Waals surface area (Å²) in [4.78, 5) is 12.8. The lowest BCUT2D eigenvalue weighted by Gasteiger charge is -2.13. The number of nitrogens with one attached hydrogen (secondary N) is 1. The van der Waals surface area contributed by atoms with Crippen molar-refractivity contribution in [3.63, 3.8) is 0 Å². The summed E-state index contributed by atoms with van der Waals surface area (Å²) in [6, 6.07) is 4.03. The fourth-order valence-electron chi connectivity index (χ4n) is 1.52. The third-order valence-corrected chi connectivity index (χ3v) is 3.68. The Balaban J connectivity index is 1.73. The maximum absolute atomic E-state index is 11.5. The van der Waals surface area contributed by atoms with E-state index in [0.717, 1.165) is 19.3 Å². The molecule has 1 aliphatic rings. The molecule has 15 heavy (non-hydrogen) atoms. The summed E-state index contributed by atoms with van der Waals surface area (Å²) in [5.41, 5.74) is -0.271. The second-order valence-electron chi connectivity index (χ2n) is 4.07. The quantitative estimate of drug-likeness (QED) is 0.794.